The van der Waals surface area contributed by atoms with E-state index in [1.54, 1.807) is 19.5 Å². The number of nitrogens with zero attached hydrogens (tertiary/aromatic N) is 3. The molecule has 0 unspecified atom stereocenters. The molecule has 0 spiro atoms. The zero-order valence-corrected chi connectivity index (χ0v) is 14.8. The van der Waals surface area contributed by atoms with E-state index >= 15 is 0 Å². The van der Waals surface area contributed by atoms with Crippen LogP contribution >= 0.6 is 0 Å². The Bertz CT molecular complexity index is 1080. The van der Waals surface area contributed by atoms with Crippen LogP contribution < -0.4 is 10.2 Å². The van der Waals surface area contributed by atoms with Crippen molar-refractivity contribution >= 4 is 23.1 Å². The van der Waals surface area contributed by atoms with Gasteiger partial charge in [-0.2, -0.15) is 5.10 Å². The van der Waals surface area contributed by atoms with Crippen LogP contribution in [0.25, 0.3) is 22.2 Å². The lowest BCUT2D eigenvalue weighted by Crippen LogP contribution is -1.98. The van der Waals surface area contributed by atoms with Gasteiger partial charge in [0.15, 0.2) is 11.5 Å². The molecular formula is C22H18N4O. The molecule has 0 aliphatic heterocycles. The Morgan fingerprint density at radius 3 is 2.56 bits per heavy atom. The van der Waals surface area contributed by atoms with Crippen molar-refractivity contribution in [3.8, 4) is 16.9 Å². The average Bonchev–Trinajstić information content (AvgIpc) is 2.74. The molecule has 2 heterocycles. The molecule has 2 aromatic carbocycles. The number of ether oxygens (including phenoxy) is 1. The lowest BCUT2D eigenvalue weighted by molar-refractivity contribution is 0.415. The third-order valence-corrected chi connectivity index (χ3v) is 4.17. The highest BCUT2D eigenvalue weighted by atomic mass is 16.5. The van der Waals surface area contributed by atoms with E-state index in [9.17, 15) is 0 Å². The summed E-state index contributed by atoms with van der Waals surface area (Å²) in [6.45, 7) is 0. The first-order chi connectivity index (χ1) is 13.3. The van der Waals surface area contributed by atoms with Crippen LogP contribution in [0.5, 0.6) is 5.75 Å². The topological polar surface area (TPSA) is 59.4 Å². The SMILES string of the molecule is COc1ccc(-c2cc3cccnc3nc2N/N=C/c2ccccc2)cc1. The quantitative estimate of drug-likeness (QED) is 0.415. The Morgan fingerprint density at radius 2 is 1.78 bits per heavy atom. The van der Waals surface area contributed by atoms with Crippen molar-refractivity contribution in [3.63, 3.8) is 0 Å². The third kappa shape index (κ3) is 3.77. The molecule has 5 nitrogen and oxygen atoms in total. The summed E-state index contributed by atoms with van der Waals surface area (Å²) < 4.78 is 5.25. The second-order valence-electron chi connectivity index (χ2n) is 5.94. The molecule has 4 aromatic rings. The highest BCUT2D eigenvalue weighted by Crippen LogP contribution is 2.30. The van der Waals surface area contributed by atoms with E-state index in [0.717, 1.165) is 27.8 Å². The highest BCUT2D eigenvalue weighted by molar-refractivity contribution is 5.88. The van der Waals surface area contributed by atoms with Crippen LogP contribution in [-0.2, 0) is 0 Å². The number of aromatic nitrogens is 2. The number of rotatable bonds is 5. The molecule has 0 aliphatic rings. The Hall–Kier alpha value is -3.73. The van der Waals surface area contributed by atoms with Gasteiger partial charge in [-0.25, -0.2) is 9.97 Å². The van der Waals surface area contributed by atoms with E-state index in [0.29, 0.717) is 11.5 Å². The predicted octanol–water partition coefficient (Wildman–Crippen LogP) is 4.75. The van der Waals surface area contributed by atoms with Crippen LogP contribution in [0, 0.1) is 0 Å². The van der Waals surface area contributed by atoms with Gasteiger partial charge < -0.3 is 4.74 Å². The van der Waals surface area contributed by atoms with E-state index in [2.05, 4.69) is 26.6 Å². The second-order valence-corrected chi connectivity index (χ2v) is 5.94. The minimum Gasteiger partial charge on any atom is -0.497 e. The number of pyridine rings is 2. The van der Waals surface area contributed by atoms with Crippen molar-refractivity contribution < 1.29 is 4.74 Å². The number of benzene rings is 2. The summed E-state index contributed by atoms with van der Waals surface area (Å²) in [6, 6.07) is 23.7. The molecule has 27 heavy (non-hydrogen) atoms. The first kappa shape index (κ1) is 16.7. The number of anilines is 1. The zero-order chi connectivity index (χ0) is 18.5. The number of nitrogens with one attached hydrogen (secondary N) is 1. The van der Waals surface area contributed by atoms with Crippen LogP contribution in [-0.4, -0.2) is 23.3 Å². The molecule has 0 aliphatic carbocycles. The van der Waals surface area contributed by atoms with Gasteiger partial charge in [0.05, 0.1) is 13.3 Å². The molecule has 0 bridgehead atoms. The van der Waals surface area contributed by atoms with Crippen molar-refractivity contribution in [2.45, 2.75) is 0 Å². The van der Waals surface area contributed by atoms with E-state index in [4.69, 9.17) is 4.74 Å². The van der Waals surface area contributed by atoms with Crippen molar-refractivity contribution in [3.05, 3.63) is 84.6 Å². The van der Waals surface area contributed by atoms with Gasteiger partial charge in [-0.05, 0) is 41.5 Å². The monoisotopic (exact) mass is 354 g/mol. The van der Waals surface area contributed by atoms with Gasteiger partial charge in [-0.1, -0.05) is 42.5 Å². The van der Waals surface area contributed by atoms with Crippen molar-refractivity contribution in [1.29, 1.82) is 0 Å². The van der Waals surface area contributed by atoms with Gasteiger partial charge >= 0.3 is 0 Å². The molecular weight excluding hydrogens is 336 g/mol. The lowest BCUT2D eigenvalue weighted by Gasteiger charge is -2.10. The van der Waals surface area contributed by atoms with Gasteiger partial charge in [-0.3, -0.25) is 5.43 Å². The van der Waals surface area contributed by atoms with Crippen molar-refractivity contribution in [1.82, 2.24) is 9.97 Å². The zero-order valence-electron chi connectivity index (χ0n) is 14.8. The number of methoxy groups -OCH3 is 1. The van der Waals surface area contributed by atoms with Crippen LogP contribution in [0.15, 0.2) is 84.1 Å². The van der Waals surface area contributed by atoms with Gasteiger partial charge in [0.2, 0.25) is 0 Å². The van der Waals surface area contributed by atoms with Crippen molar-refractivity contribution in [2.24, 2.45) is 5.10 Å². The summed E-state index contributed by atoms with van der Waals surface area (Å²) in [5.41, 5.74) is 6.72. The molecule has 0 saturated heterocycles. The van der Waals surface area contributed by atoms with Crippen LogP contribution in [0.2, 0.25) is 0 Å². The number of hydrazone groups is 1. The summed E-state index contributed by atoms with van der Waals surface area (Å²) in [5, 5.41) is 5.32. The number of hydrogen-bond acceptors (Lipinski definition) is 5. The summed E-state index contributed by atoms with van der Waals surface area (Å²) >= 11 is 0. The van der Waals surface area contributed by atoms with Gasteiger partial charge in [0.1, 0.15) is 5.75 Å². The predicted molar refractivity (Wildman–Crippen MR) is 109 cm³/mol. The van der Waals surface area contributed by atoms with E-state index < -0.39 is 0 Å². The first-order valence-corrected chi connectivity index (χ1v) is 8.58. The van der Waals surface area contributed by atoms with Gasteiger partial charge in [0.25, 0.3) is 0 Å². The fraction of sp³-hybridized carbons (Fsp3) is 0.0455. The van der Waals surface area contributed by atoms with E-state index in [-0.39, 0.29) is 0 Å². The fourth-order valence-corrected chi connectivity index (χ4v) is 2.79. The maximum absolute atomic E-state index is 5.25. The van der Waals surface area contributed by atoms with Gasteiger partial charge in [-0.15, -0.1) is 0 Å². The maximum atomic E-state index is 5.25. The highest BCUT2D eigenvalue weighted by Gasteiger charge is 2.10. The van der Waals surface area contributed by atoms with Gasteiger partial charge in [0, 0.05) is 17.1 Å². The molecule has 0 fully saturated rings. The smallest absolute Gasteiger partial charge is 0.161 e. The Morgan fingerprint density at radius 1 is 0.963 bits per heavy atom. The molecule has 5 heteroatoms. The molecule has 0 atom stereocenters. The third-order valence-electron chi connectivity index (χ3n) is 4.17. The number of fused-ring (bicyclic) bond motifs is 1. The number of hydrogen-bond donors (Lipinski definition) is 1. The van der Waals surface area contributed by atoms with Crippen LogP contribution in [0.4, 0.5) is 5.82 Å². The molecule has 0 saturated carbocycles. The Balaban J connectivity index is 1.73. The maximum Gasteiger partial charge on any atom is 0.161 e. The lowest BCUT2D eigenvalue weighted by atomic mass is 10.0. The molecule has 1 N–H and O–H groups in total. The van der Waals surface area contributed by atoms with Crippen LogP contribution in [0.3, 0.4) is 0 Å². The van der Waals surface area contributed by atoms with Crippen molar-refractivity contribution in [2.75, 3.05) is 12.5 Å². The van der Waals surface area contributed by atoms with E-state index in [1.165, 1.54) is 0 Å². The molecule has 132 valence electrons. The second kappa shape index (κ2) is 7.66. The average molecular weight is 354 g/mol. The summed E-state index contributed by atoms with van der Waals surface area (Å²) in [6.07, 6.45) is 3.50. The fourth-order valence-electron chi connectivity index (χ4n) is 2.79. The Kier molecular flexibility index (Phi) is 4.74. The largest absolute Gasteiger partial charge is 0.497 e. The molecule has 2 aromatic heterocycles. The summed E-state index contributed by atoms with van der Waals surface area (Å²) in [4.78, 5) is 9.01. The molecule has 0 radical (unpaired) electrons. The minimum absolute atomic E-state index is 0.651. The standard InChI is InChI=1S/C22H18N4O/c1-27-19-11-9-17(10-12-19)20-14-18-8-5-13-23-21(18)25-22(20)26-24-15-16-6-3-2-4-7-16/h2-15H,1H3,(H,23,25,26)/b24-15+. The Labute approximate surface area is 157 Å². The molecule has 4 rings (SSSR count). The van der Waals surface area contributed by atoms with E-state index in [1.807, 2.05) is 66.7 Å². The summed E-state index contributed by atoms with van der Waals surface area (Å²) in [7, 11) is 1.66. The first-order valence-electron chi connectivity index (χ1n) is 8.58. The van der Waals surface area contributed by atoms with Crippen LogP contribution in [0.1, 0.15) is 5.56 Å². The molecule has 0 amide bonds. The minimum atomic E-state index is 0.651. The summed E-state index contributed by atoms with van der Waals surface area (Å²) in [5.74, 6) is 1.46. The normalized spacial score (nSPS) is 11.0.